The van der Waals surface area contributed by atoms with Crippen molar-refractivity contribution in [2.24, 2.45) is 5.92 Å². The van der Waals surface area contributed by atoms with E-state index < -0.39 is 17.9 Å². The minimum Gasteiger partial charge on any atom is -0.485 e. The topological polar surface area (TPSA) is 204 Å². The van der Waals surface area contributed by atoms with Crippen LogP contribution < -0.4 is 26.4 Å². The molecule has 5 N–H and O–H groups in total. The Morgan fingerprint density at radius 1 is 1.00 bits per heavy atom. The van der Waals surface area contributed by atoms with Gasteiger partial charge < -0.3 is 45.6 Å². The van der Waals surface area contributed by atoms with Gasteiger partial charge in [0.15, 0.2) is 17.9 Å². The van der Waals surface area contributed by atoms with Crippen LogP contribution in [0.1, 0.15) is 53.3 Å². The molecule has 0 aliphatic heterocycles. The van der Waals surface area contributed by atoms with Crippen molar-refractivity contribution in [3.8, 4) is 17.0 Å². The number of ether oxygens (including phenoxy) is 3. The number of aldehydes is 2. The van der Waals surface area contributed by atoms with E-state index in [4.69, 9.17) is 19.9 Å². The number of likely N-dealkylation sites (N-methyl/N-ethyl adjacent to an activating group) is 2. The van der Waals surface area contributed by atoms with Crippen molar-refractivity contribution < 1.29 is 38.2 Å². The Balaban J connectivity index is 1.28. The third-order valence-corrected chi connectivity index (χ3v) is 8.30. The van der Waals surface area contributed by atoms with Gasteiger partial charge >= 0.3 is 0 Å². The lowest BCUT2D eigenvalue weighted by Gasteiger charge is -2.27. The molecule has 0 aliphatic carbocycles. The molecule has 2 unspecified atom stereocenters. The Bertz CT molecular complexity index is 1710. The number of carbonyl (C=O) groups excluding carboxylic acids is 5. The second-order valence-corrected chi connectivity index (χ2v) is 12.6. The molecule has 0 saturated carbocycles. The summed E-state index contributed by atoms with van der Waals surface area (Å²) in [7, 11) is 2.91. The van der Waals surface area contributed by atoms with Gasteiger partial charge in [0.1, 0.15) is 18.9 Å². The van der Waals surface area contributed by atoms with Gasteiger partial charge in [-0.2, -0.15) is 0 Å². The maximum Gasteiger partial charge on any atom is 0.255 e. The number of anilines is 2. The van der Waals surface area contributed by atoms with Gasteiger partial charge in [-0.05, 0) is 42.5 Å². The summed E-state index contributed by atoms with van der Waals surface area (Å²) in [6.45, 7) is 8.49. The molecule has 1 heterocycles. The van der Waals surface area contributed by atoms with Gasteiger partial charge in [-0.25, -0.2) is 0 Å². The van der Waals surface area contributed by atoms with E-state index >= 15 is 0 Å². The first-order valence-corrected chi connectivity index (χ1v) is 17.7. The first-order valence-electron chi connectivity index (χ1n) is 17.7. The van der Waals surface area contributed by atoms with Crippen molar-refractivity contribution in [2.75, 3.05) is 71.3 Å². The zero-order valence-electron chi connectivity index (χ0n) is 31.2. The Kier molecular flexibility index (Phi) is 18.3. The first kappa shape index (κ1) is 42.7. The van der Waals surface area contributed by atoms with Crippen molar-refractivity contribution in [3.63, 3.8) is 0 Å². The minimum atomic E-state index is -0.867. The molecule has 2 aromatic carbocycles. The molecule has 54 heavy (non-hydrogen) atoms. The van der Waals surface area contributed by atoms with Crippen LogP contribution >= 0.6 is 0 Å². The van der Waals surface area contributed by atoms with E-state index in [1.807, 2.05) is 37.3 Å². The number of nitrogens with two attached hydrogens (primary N) is 1. The van der Waals surface area contributed by atoms with Crippen LogP contribution in [0.25, 0.3) is 11.3 Å². The highest BCUT2D eigenvalue weighted by Crippen LogP contribution is 2.26. The normalized spacial score (nSPS) is 11.8. The second kappa shape index (κ2) is 23.1. The van der Waals surface area contributed by atoms with E-state index in [0.717, 1.165) is 11.1 Å². The van der Waals surface area contributed by atoms with Crippen LogP contribution in [0.15, 0.2) is 66.7 Å². The Morgan fingerprint density at radius 2 is 1.74 bits per heavy atom. The summed E-state index contributed by atoms with van der Waals surface area (Å²) >= 11 is 0. The molecule has 0 saturated heterocycles. The fraction of sp³-hybridized carbons (Fsp3) is 0.410. The number of nitrogen functional groups attached to an aromatic ring is 1. The van der Waals surface area contributed by atoms with Gasteiger partial charge in [0.2, 0.25) is 11.8 Å². The highest BCUT2D eigenvalue weighted by atomic mass is 16.5. The summed E-state index contributed by atoms with van der Waals surface area (Å²) in [5.74, 6) is -0.271. The lowest BCUT2D eigenvalue weighted by atomic mass is 10.0. The zero-order valence-corrected chi connectivity index (χ0v) is 31.2. The first-order chi connectivity index (χ1) is 26.1. The molecule has 0 fully saturated rings. The predicted octanol–water partition coefficient (Wildman–Crippen LogP) is 3.32. The van der Waals surface area contributed by atoms with E-state index in [2.05, 4.69) is 32.7 Å². The van der Waals surface area contributed by atoms with Crippen molar-refractivity contribution in [1.29, 1.82) is 0 Å². The summed E-state index contributed by atoms with van der Waals surface area (Å²) in [6.07, 6.45) is 2.39. The molecule has 0 aliphatic rings. The van der Waals surface area contributed by atoms with Gasteiger partial charge in [0.25, 0.3) is 5.91 Å². The molecular formula is C39H51N7O8. The van der Waals surface area contributed by atoms with Crippen LogP contribution in [0.4, 0.5) is 11.5 Å². The van der Waals surface area contributed by atoms with Gasteiger partial charge in [-0.3, -0.25) is 19.2 Å². The number of nitrogens with one attached hydrogen (secondary N) is 3. The number of aromatic nitrogens is 2. The van der Waals surface area contributed by atoms with E-state index in [0.29, 0.717) is 69.0 Å². The van der Waals surface area contributed by atoms with Crippen molar-refractivity contribution >= 4 is 41.8 Å². The fourth-order valence-electron chi connectivity index (χ4n) is 5.36. The number of amides is 3. The van der Waals surface area contributed by atoms with E-state index in [1.54, 1.807) is 18.2 Å². The van der Waals surface area contributed by atoms with Gasteiger partial charge in [-0.15, -0.1) is 10.2 Å². The van der Waals surface area contributed by atoms with Crippen molar-refractivity contribution in [3.05, 3.63) is 77.9 Å². The van der Waals surface area contributed by atoms with Crippen LogP contribution in [-0.2, 0) is 23.9 Å². The third-order valence-electron chi connectivity index (χ3n) is 8.30. The Hall–Kier alpha value is -5.67. The summed E-state index contributed by atoms with van der Waals surface area (Å²) < 4.78 is 17.0. The molecular weight excluding hydrogens is 694 g/mol. The second-order valence-electron chi connectivity index (χ2n) is 12.6. The molecule has 15 nitrogen and oxygen atoms in total. The predicted molar refractivity (Wildman–Crippen MR) is 205 cm³/mol. The average molecular weight is 746 g/mol. The number of hydrogen-bond donors (Lipinski definition) is 4. The maximum absolute atomic E-state index is 13.3. The summed E-state index contributed by atoms with van der Waals surface area (Å²) in [5.41, 5.74) is 9.28. The molecule has 15 heteroatoms. The minimum absolute atomic E-state index is 0.105. The molecule has 0 radical (unpaired) electrons. The van der Waals surface area contributed by atoms with Crippen LogP contribution in [0, 0.1) is 5.92 Å². The van der Waals surface area contributed by atoms with Crippen molar-refractivity contribution in [2.45, 2.75) is 38.6 Å². The van der Waals surface area contributed by atoms with Crippen LogP contribution in [-0.4, -0.2) is 112 Å². The molecule has 3 aromatic rings. The van der Waals surface area contributed by atoms with E-state index in [9.17, 15) is 24.0 Å². The number of nitrogens with zero attached hydrogens (tertiary/aromatic N) is 3. The Labute approximate surface area is 316 Å². The number of hydrogen-bond acceptors (Lipinski definition) is 12. The number of rotatable bonds is 25. The third kappa shape index (κ3) is 14.0. The number of carbonyl (C=O) groups is 5. The van der Waals surface area contributed by atoms with Crippen molar-refractivity contribution in [1.82, 2.24) is 25.7 Å². The van der Waals surface area contributed by atoms with Gasteiger partial charge in [0, 0.05) is 62.9 Å². The molecule has 1 aromatic heterocycles. The monoisotopic (exact) mass is 745 g/mol. The summed E-state index contributed by atoms with van der Waals surface area (Å²) in [6, 6.07) is 15.3. The number of benzene rings is 2. The molecule has 3 rings (SSSR count). The highest BCUT2D eigenvalue weighted by Gasteiger charge is 2.28. The largest absolute Gasteiger partial charge is 0.485 e. The summed E-state index contributed by atoms with van der Waals surface area (Å²) in [4.78, 5) is 61.7. The molecule has 2 atom stereocenters. The Morgan fingerprint density at radius 3 is 2.44 bits per heavy atom. The summed E-state index contributed by atoms with van der Waals surface area (Å²) in [5, 5.41) is 16.7. The molecule has 3 amide bonds. The smallest absolute Gasteiger partial charge is 0.255 e. The average Bonchev–Trinajstić information content (AvgIpc) is 3.18. The van der Waals surface area contributed by atoms with Crippen LogP contribution in [0.2, 0.25) is 0 Å². The van der Waals surface area contributed by atoms with Crippen LogP contribution in [0.3, 0.4) is 0 Å². The molecule has 0 spiro atoms. The molecule has 0 bridgehead atoms. The standard InChI is InChI=1S/C39H51N7O8/c1-27(21-28(2)26-54-35-23-33(44-45-37(35)40)29-9-6-5-7-10-29)24-43-36(49)14-17-52-19-20-53-18-15-42-31-13-12-30(25-48)32(22-31)39(51)46(4)34(11-8-16-47)38(50)41-3/h5-7,9-10,12-13,16,22-23,25,27,34,42H,2,8,11,14-15,17-21,24,26H2,1,3-4H3,(H2,40,45)(H,41,50)(H,43,49). The quantitative estimate of drug-likeness (QED) is 0.0561. The van der Waals surface area contributed by atoms with Crippen LogP contribution in [0.5, 0.6) is 5.75 Å². The highest BCUT2D eigenvalue weighted by molar-refractivity contribution is 6.03. The maximum atomic E-state index is 13.3. The van der Waals surface area contributed by atoms with Gasteiger partial charge in [0.05, 0.1) is 37.7 Å². The SMILES string of the molecule is C=C(COc1cc(-c2ccccc2)nnc1N)CC(C)CNC(=O)CCOCCOCCNc1ccc(C=O)c(C(=O)N(C)C(CCC=O)C(=O)NC)c1. The van der Waals surface area contributed by atoms with Gasteiger partial charge in [-0.1, -0.05) is 43.8 Å². The van der Waals surface area contributed by atoms with E-state index in [1.165, 1.54) is 25.1 Å². The molecule has 290 valence electrons. The fourth-order valence-corrected chi connectivity index (χ4v) is 5.36. The van der Waals surface area contributed by atoms with E-state index in [-0.39, 0.29) is 61.2 Å². The zero-order chi connectivity index (χ0) is 39.3. The lowest BCUT2D eigenvalue weighted by Crippen LogP contribution is -2.47. The lowest BCUT2D eigenvalue weighted by molar-refractivity contribution is -0.125.